The summed E-state index contributed by atoms with van der Waals surface area (Å²) in [6, 6.07) is 3.51. The summed E-state index contributed by atoms with van der Waals surface area (Å²) in [7, 11) is 1.62. The first-order chi connectivity index (χ1) is 8.61. The Bertz CT molecular complexity index is 415. The predicted molar refractivity (Wildman–Crippen MR) is 73.5 cm³/mol. The van der Waals surface area contributed by atoms with Crippen LogP contribution in [-0.4, -0.2) is 13.2 Å². The minimum atomic E-state index is -0.131. The Balaban J connectivity index is 2.34. The topological polar surface area (TPSA) is 44.5 Å². The van der Waals surface area contributed by atoms with Crippen LogP contribution in [0.15, 0.2) is 12.1 Å². The van der Waals surface area contributed by atoms with Gasteiger partial charge >= 0.3 is 0 Å². The van der Waals surface area contributed by atoms with Gasteiger partial charge in [0.25, 0.3) is 0 Å². The van der Waals surface area contributed by atoms with Gasteiger partial charge in [-0.3, -0.25) is 0 Å². The van der Waals surface area contributed by atoms with Crippen molar-refractivity contribution >= 4 is 11.6 Å². The first-order valence-corrected chi connectivity index (χ1v) is 6.79. The van der Waals surface area contributed by atoms with Crippen LogP contribution in [0.4, 0.5) is 0 Å². The molecule has 2 N–H and O–H groups in total. The molecule has 4 heteroatoms. The molecule has 1 fully saturated rings. The van der Waals surface area contributed by atoms with Crippen LogP contribution in [0.5, 0.6) is 11.5 Å². The lowest BCUT2D eigenvalue weighted by Gasteiger charge is -2.21. The van der Waals surface area contributed by atoms with E-state index < -0.39 is 0 Å². The van der Waals surface area contributed by atoms with Gasteiger partial charge in [0.2, 0.25) is 0 Å². The average molecular weight is 270 g/mol. The Morgan fingerprint density at radius 2 is 2.00 bits per heavy atom. The summed E-state index contributed by atoms with van der Waals surface area (Å²) in [6.45, 7) is 1.92. The molecule has 0 amide bonds. The van der Waals surface area contributed by atoms with E-state index in [9.17, 15) is 0 Å². The van der Waals surface area contributed by atoms with Gasteiger partial charge in [-0.15, -0.1) is 0 Å². The number of benzene rings is 1. The van der Waals surface area contributed by atoms with Gasteiger partial charge in [0.15, 0.2) is 11.5 Å². The molecule has 0 saturated heterocycles. The molecular weight excluding hydrogens is 250 g/mol. The Morgan fingerprint density at radius 1 is 1.33 bits per heavy atom. The molecule has 3 nitrogen and oxygen atoms in total. The van der Waals surface area contributed by atoms with Crippen LogP contribution >= 0.6 is 11.6 Å². The van der Waals surface area contributed by atoms with Crippen LogP contribution in [0.1, 0.15) is 44.2 Å². The maximum Gasteiger partial charge on any atom is 0.166 e. The van der Waals surface area contributed by atoms with Gasteiger partial charge in [-0.25, -0.2) is 0 Å². The highest BCUT2D eigenvalue weighted by molar-refractivity contribution is 6.30. The van der Waals surface area contributed by atoms with Gasteiger partial charge in [0, 0.05) is 22.7 Å². The second-order valence-corrected chi connectivity index (χ2v) is 5.28. The van der Waals surface area contributed by atoms with E-state index in [1.165, 1.54) is 12.8 Å². The average Bonchev–Trinajstić information content (AvgIpc) is 2.83. The molecule has 1 aromatic carbocycles. The maximum absolute atomic E-state index is 6.08. The lowest BCUT2D eigenvalue weighted by molar-refractivity contribution is 0.198. The first-order valence-electron chi connectivity index (χ1n) is 6.41. The molecule has 0 aromatic heterocycles. The number of hydrogen-bond acceptors (Lipinski definition) is 3. The van der Waals surface area contributed by atoms with Gasteiger partial charge in [0.05, 0.1) is 13.2 Å². The monoisotopic (exact) mass is 269 g/mol. The molecule has 0 aliphatic heterocycles. The second kappa shape index (κ2) is 5.81. The van der Waals surface area contributed by atoms with E-state index in [1.807, 2.05) is 13.0 Å². The molecule has 0 bridgehead atoms. The van der Waals surface area contributed by atoms with Crippen molar-refractivity contribution in [3.8, 4) is 11.5 Å². The number of methoxy groups -OCH3 is 1. The molecule has 1 aliphatic rings. The van der Waals surface area contributed by atoms with Gasteiger partial charge in [-0.1, -0.05) is 11.6 Å². The number of halogens is 1. The van der Waals surface area contributed by atoms with Gasteiger partial charge < -0.3 is 15.2 Å². The molecule has 0 heterocycles. The van der Waals surface area contributed by atoms with E-state index in [1.54, 1.807) is 13.2 Å². The smallest absolute Gasteiger partial charge is 0.166 e. The van der Waals surface area contributed by atoms with Gasteiger partial charge in [0.1, 0.15) is 0 Å². The van der Waals surface area contributed by atoms with E-state index in [0.29, 0.717) is 10.8 Å². The summed E-state index contributed by atoms with van der Waals surface area (Å²) in [5, 5.41) is 0.623. The maximum atomic E-state index is 6.08. The van der Waals surface area contributed by atoms with E-state index in [-0.39, 0.29) is 12.1 Å². The van der Waals surface area contributed by atoms with Crippen molar-refractivity contribution in [2.24, 2.45) is 5.73 Å². The van der Waals surface area contributed by atoms with Crippen molar-refractivity contribution in [3.05, 3.63) is 22.7 Å². The molecule has 100 valence electrons. The van der Waals surface area contributed by atoms with E-state index in [2.05, 4.69) is 0 Å². The van der Waals surface area contributed by atoms with Crippen LogP contribution in [0, 0.1) is 0 Å². The van der Waals surface area contributed by atoms with Crippen LogP contribution in [0.3, 0.4) is 0 Å². The van der Waals surface area contributed by atoms with Crippen molar-refractivity contribution in [1.29, 1.82) is 0 Å². The fraction of sp³-hybridized carbons (Fsp3) is 0.571. The third kappa shape index (κ3) is 2.90. The molecule has 1 saturated carbocycles. The fourth-order valence-electron chi connectivity index (χ4n) is 2.38. The van der Waals surface area contributed by atoms with Gasteiger partial charge in [-0.2, -0.15) is 0 Å². The minimum Gasteiger partial charge on any atom is -0.493 e. The molecular formula is C14H20ClNO2. The molecule has 18 heavy (non-hydrogen) atoms. The van der Waals surface area contributed by atoms with Crippen LogP contribution < -0.4 is 15.2 Å². The first kappa shape index (κ1) is 13.5. The minimum absolute atomic E-state index is 0.131. The van der Waals surface area contributed by atoms with E-state index in [4.69, 9.17) is 26.8 Å². The molecule has 0 spiro atoms. The van der Waals surface area contributed by atoms with Crippen molar-refractivity contribution < 1.29 is 9.47 Å². The van der Waals surface area contributed by atoms with E-state index in [0.717, 1.165) is 24.2 Å². The zero-order chi connectivity index (χ0) is 13.1. The summed E-state index contributed by atoms with van der Waals surface area (Å²) in [4.78, 5) is 0. The third-order valence-corrected chi connectivity index (χ3v) is 3.56. The molecule has 0 radical (unpaired) electrons. The number of rotatable bonds is 4. The standard InChI is InChI=1S/C14H20ClNO2/c1-9(16)12-7-10(15)8-13(17-2)14(12)18-11-5-3-4-6-11/h7-9,11H,3-6,16H2,1-2H3. The lowest BCUT2D eigenvalue weighted by Crippen LogP contribution is -2.15. The Kier molecular flexibility index (Phi) is 4.36. The predicted octanol–water partition coefficient (Wildman–Crippen LogP) is 3.69. The van der Waals surface area contributed by atoms with Crippen molar-refractivity contribution in [3.63, 3.8) is 0 Å². The van der Waals surface area contributed by atoms with Crippen LogP contribution in [0.25, 0.3) is 0 Å². The lowest BCUT2D eigenvalue weighted by atomic mass is 10.1. The van der Waals surface area contributed by atoms with Crippen molar-refractivity contribution in [1.82, 2.24) is 0 Å². The van der Waals surface area contributed by atoms with Crippen LogP contribution in [-0.2, 0) is 0 Å². The summed E-state index contributed by atoms with van der Waals surface area (Å²) in [6.07, 6.45) is 4.94. The van der Waals surface area contributed by atoms with Crippen molar-refractivity contribution in [2.45, 2.75) is 44.8 Å². The zero-order valence-corrected chi connectivity index (χ0v) is 11.7. The number of hydrogen-bond donors (Lipinski definition) is 1. The Morgan fingerprint density at radius 3 is 2.56 bits per heavy atom. The third-order valence-electron chi connectivity index (χ3n) is 3.35. The highest BCUT2D eigenvalue weighted by atomic mass is 35.5. The molecule has 1 atom stereocenters. The molecule has 1 aromatic rings. The SMILES string of the molecule is COc1cc(Cl)cc(C(C)N)c1OC1CCCC1. The second-order valence-electron chi connectivity index (χ2n) is 4.84. The molecule has 1 unspecified atom stereocenters. The molecule has 2 rings (SSSR count). The van der Waals surface area contributed by atoms with Crippen molar-refractivity contribution in [2.75, 3.05) is 7.11 Å². The normalized spacial score (nSPS) is 17.8. The van der Waals surface area contributed by atoms with Gasteiger partial charge in [-0.05, 0) is 38.7 Å². The largest absolute Gasteiger partial charge is 0.493 e. The highest BCUT2D eigenvalue weighted by Crippen LogP contribution is 2.39. The summed E-state index contributed by atoms with van der Waals surface area (Å²) in [5.41, 5.74) is 6.90. The molecule has 1 aliphatic carbocycles. The quantitative estimate of drug-likeness (QED) is 0.907. The number of ether oxygens (including phenoxy) is 2. The summed E-state index contributed by atoms with van der Waals surface area (Å²) < 4.78 is 11.4. The van der Waals surface area contributed by atoms with E-state index >= 15 is 0 Å². The fourth-order valence-corrected chi connectivity index (χ4v) is 2.59. The summed E-state index contributed by atoms with van der Waals surface area (Å²) in [5.74, 6) is 1.42. The highest BCUT2D eigenvalue weighted by Gasteiger charge is 2.22. The number of nitrogens with two attached hydrogens (primary N) is 1. The Hall–Kier alpha value is -0.930. The Labute approximate surface area is 113 Å². The summed E-state index contributed by atoms with van der Waals surface area (Å²) >= 11 is 6.07. The zero-order valence-electron chi connectivity index (χ0n) is 10.9. The van der Waals surface area contributed by atoms with Crippen LogP contribution in [0.2, 0.25) is 5.02 Å².